The van der Waals surface area contributed by atoms with E-state index in [1.807, 2.05) is 0 Å². The number of sulfonamides is 1. The summed E-state index contributed by atoms with van der Waals surface area (Å²) in [5.74, 6) is -3.94. The summed E-state index contributed by atoms with van der Waals surface area (Å²) in [6, 6.07) is 20.5. The van der Waals surface area contributed by atoms with Crippen LogP contribution in [0.4, 0.5) is 23.7 Å². The standard InChI is InChI=1S/C35H35F3N4O5S/c1-41(35(44)45)33(32(23-8-5-10-25(36)20-23)24-9-6-11-26(37)21-24)34(43)40-31-15-7-14-30(38)29(31)17-16-27-22-39-18-19-42(27)48(46,47)28-12-3-2-4-13-28/h2-15,20-21,27,32-33,39H,16-19,22H2,1H3,(H,40,43)(H,44,45)/t27-,33-/m0/s1. The molecule has 0 aliphatic carbocycles. The minimum atomic E-state index is -3.84. The van der Waals surface area contributed by atoms with Crippen molar-refractivity contribution in [3.8, 4) is 0 Å². The molecule has 4 aromatic rings. The maximum absolute atomic E-state index is 15.4. The van der Waals surface area contributed by atoms with Gasteiger partial charge >= 0.3 is 6.09 Å². The third-order valence-electron chi connectivity index (χ3n) is 8.47. The lowest BCUT2D eigenvalue weighted by atomic mass is 9.83. The number of carbonyl (C=O) groups excluding carboxylic acids is 1. The van der Waals surface area contributed by atoms with E-state index in [1.54, 1.807) is 18.2 Å². The van der Waals surface area contributed by atoms with Crippen molar-refractivity contribution in [3.05, 3.63) is 131 Å². The number of hydrogen-bond donors (Lipinski definition) is 3. The van der Waals surface area contributed by atoms with Crippen molar-refractivity contribution in [2.45, 2.75) is 35.7 Å². The second kappa shape index (κ2) is 15.0. The summed E-state index contributed by atoms with van der Waals surface area (Å²) >= 11 is 0. The Morgan fingerprint density at radius 3 is 2.17 bits per heavy atom. The molecule has 3 N–H and O–H groups in total. The van der Waals surface area contributed by atoms with Gasteiger partial charge < -0.3 is 15.7 Å². The highest BCUT2D eigenvalue weighted by Gasteiger charge is 2.38. The molecular formula is C35H35F3N4O5S. The van der Waals surface area contributed by atoms with Gasteiger partial charge in [0.1, 0.15) is 23.5 Å². The molecule has 4 aromatic carbocycles. The molecule has 13 heteroatoms. The molecule has 0 aromatic heterocycles. The number of nitrogens with zero attached hydrogens (tertiary/aromatic N) is 2. The van der Waals surface area contributed by atoms with Crippen LogP contribution in [0.15, 0.2) is 102 Å². The summed E-state index contributed by atoms with van der Waals surface area (Å²) in [7, 11) is -2.67. The van der Waals surface area contributed by atoms with Gasteiger partial charge in [-0.1, -0.05) is 48.5 Å². The summed E-state index contributed by atoms with van der Waals surface area (Å²) in [4.78, 5) is 27.3. The van der Waals surface area contributed by atoms with Crippen molar-refractivity contribution in [1.82, 2.24) is 14.5 Å². The largest absolute Gasteiger partial charge is 0.465 e. The van der Waals surface area contributed by atoms with Crippen molar-refractivity contribution in [3.63, 3.8) is 0 Å². The SMILES string of the molecule is CN(C(=O)O)[C@H](C(=O)Nc1cccc(F)c1CC[C@H]1CNCCN1S(=O)(=O)c1ccccc1)C(c1cccc(F)c1)c1cccc(F)c1. The van der Waals surface area contributed by atoms with E-state index in [9.17, 15) is 31.9 Å². The molecule has 1 saturated heterocycles. The first-order valence-electron chi connectivity index (χ1n) is 15.3. The summed E-state index contributed by atoms with van der Waals surface area (Å²) < 4.78 is 72.7. The van der Waals surface area contributed by atoms with Crippen molar-refractivity contribution in [2.24, 2.45) is 0 Å². The zero-order valence-corrected chi connectivity index (χ0v) is 26.8. The lowest BCUT2D eigenvalue weighted by Crippen LogP contribution is -2.53. The van der Waals surface area contributed by atoms with Crippen molar-refractivity contribution in [2.75, 3.05) is 32.0 Å². The highest BCUT2D eigenvalue weighted by atomic mass is 32.2. The molecule has 5 rings (SSSR count). The normalized spacial score (nSPS) is 16.0. The molecular weight excluding hydrogens is 645 g/mol. The van der Waals surface area contributed by atoms with E-state index in [0.29, 0.717) is 13.1 Å². The van der Waals surface area contributed by atoms with Gasteiger partial charge in [-0.3, -0.25) is 9.69 Å². The predicted molar refractivity (Wildman–Crippen MR) is 175 cm³/mol. The van der Waals surface area contributed by atoms with Gasteiger partial charge in [-0.2, -0.15) is 4.31 Å². The number of rotatable bonds is 11. The Hall–Kier alpha value is -4.72. The van der Waals surface area contributed by atoms with Crippen LogP contribution in [-0.2, 0) is 21.2 Å². The topological polar surface area (TPSA) is 119 Å². The number of halogens is 3. The second-order valence-corrected chi connectivity index (χ2v) is 13.4. The van der Waals surface area contributed by atoms with Crippen LogP contribution >= 0.6 is 0 Å². The van der Waals surface area contributed by atoms with Crippen LogP contribution in [0.1, 0.15) is 29.0 Å². The number of carboxylic acid groups (broad SMARTS) is 1. The van der Waals surface area contributed by atoms with Crippen LogP contribution < -0.4 is 10.6 Å². The fraction of sp³-hybridized carbons (Fsp3) is 0.257. The van der Waals surface area contributed by atoms with Crippen molar-refractivity contribution in [1.29, 1.82) is 0 Å². The first-order chi connectivity index (χ1) is 23.0. The lowest BCUT2D eigenvalue weighted by Gasteiger charge is -2.35. The summed E-state index contributed by atoms with van der Waals surface area (Å²) in [6.07, 6.45) is -1.24. The molecule has 0 radical (unpaired) electrons. The van der Waals surface area contributed by atoms with Crippen LogP contribution in [-0.4, -0.2) is 73.5 Å². The highest BCUT2D eigenvalue weighted by Crippen LogP contribution is 2.33. The minimum absolute atomic E-state index is 0.0338. The Balaban J connectivity index is 1.46. The monoisotopic (exact) mass is 680 g/mol. The van der Waals surface area contributed by atoms with E-state index in [4.69, 9.17) is 0 Å². The molecule has 0 unspecified atom stereocenters. The maximum atomic E-state index is 15.4. The Morgan fingerprint density at radius 2 is 1.56 bits per heavy atom. The number of nitrogens with one attached hydrogen (secondary N) is 2. The van der Waals surface area contributed by atoms with Crippen LogP contribution in [0.3, 0.4) is 0 Å². The van der Waals surface area contributed by atoms with Gasteiger partial charge in [0.15, 0.2) is 0 Å². The Kier molecular flexibility index (Phi) is 10.8. The van der Waals surface area contributed by atoms with E-state index in [-0.39, 0.29) is 46.7 Å². The molecule has 0 spiro atoms. The van der Waals surface area contributed by atoms with Gasteiger partial charge in [0.25, 0.3) is 0 Å². The van der Waals surface area contributed by atoms with Gasteiger partial charge in [0.05, 0.1) is 4.90 Å². The zero-order valence-electron chi connectivity index (χ0n) is 26.0. The average Bonchev–Trinajstić information content (AvgIpc) is 3.07. The van der Waals surface area contributed by atoms with Gasteiger partial charge in [0.2, 0.25) is 15.9 Å². The summed E-state index contributed by atoms with van der Waals surface area (Å²) in [5.41, 5.74) is 0.594. The lowest BCUT2D eigenvalue weighted by molar-refractivity contribution is -0.120. The van der Waals surface area contributed by atoms with Crippen LogP contribution in [0, 0.1) is 17.5 Å². The molecule has 9 nitrogen and oxygen atoms in total. The number of anilines is 1. The number of carbonyl (C=O) groups is 2. The van der Waals surface area contributed by atoms with Gasteiger partial charge in [0, 0.05) is 49.9 Å². The van der Waals surface area contributed by atoms with Crippen LogP contribution in [0.2, 0.25) is 0 Å². The third kappa shape index (κ3) is 7.70. The van der Waals surface area contributed by atoms with Gasteiger partial charge in [-0.15, -0.1) is 0 Å². The first kappa shape index (κ1) is 34.6. The number of benzene rings is 4. The molecule has 2 amide bonds. The van der Waals surface area contributed by atoms with Crippen molar-refractivity contribution < 1.29 is 36.3 Å². The van der Waals surface area contributed by atoms with Crippen molar-refractivity contribution >= 4 is 27.7 Å². The molecule has 1 heterocycles. The molecule has 1 fully saturated rings. The maximum Gasteiger partial charge on any atom is 0.407 e. The molecule has 1 aliphatic heterocycles. The summed E-state index contributed by atoms with van der Waals surface area (Å²) in [5, 5.41) is 15.9. The van der Waals surface area contributed by atoms with E-state index >= 15 is 4.39 Å². The summed E-state index contributed by atoms with van der Waals surface area (Å²) in [6.45, 7) is 0.990. The second-order valence-electron chi connectivity index (χ2n) is 11.5. The van der Waals surface area contributed by atoms with Crippen LogP contribution in [0.5, 0.6) is 0 Å². The molecule has 0 bridgehead atoms. The Labute approximate surface area is 277 Å². The molecule has 2 atom stereocenters. The molecule has 0 saturated carbocycles. The van der Waals surface area contributed by atoms with E-state index < -0.39 is 57.5 Å². The first-order valence-corrected chi connectivity index (χ1v) is 16.7. The average molecular weight is 681 g/mol. The van der Waals surface area contributed by atoms with E-state index in [0.717, 1.165) is 17.0 Å². The van der Waals surface area contributed by atoms with E-state index in [1.165, 1.54) is 78.1 Å². The predicted octanol–water partition coefficient (Wildman–Crippen LogP) is 5.45. The molecule has 1 aliphatic rings. The minimum Gasteiger partial charge on any atom is -0.465 e. The fourth-order valence-corrected chi connectivity index (χ4v) is 7.78. The highest BCUT2D eigenvalue weighted by molar-refractivity contribution is 7.89. The van der Waals surface area contributed by atoms with Gasteiger partial charge in [-0.25, -0.2) is 26.4 Å². The Morgan fingerprint density at radius 1 is 0.938 bits per heavy atom. The molecule has 252 valence electrons. The Bertz CT molecular complexity index is 1830. The number of hydrogen-bond acceptors (Lipinski definition) is 5. The quantitative estimate of drug-likeness (QED) is 0.194. The zero-order chi connectivity index (χ0) is 34.4. The number of piperazine rings is 1. The smallest absolute Gasteiger partial charge is 0.407 e. The number of likely N-dealkylation sites (N-methyl/N-ethyl adjacent to an activating group) is 1. The van der Waals surface area contributed by atoms with Gasteiger partial charge in [-0.05, 0) is 72.5 Å². The molecule has 48 heavy (non-hydrogen) atoms. The third-order valence-corrected chi connectivity index (χ3v) is 10.4. The number of amides is 2. The fourth-order valence-electron chi connectivity index (χ4n) is 6.11. The van der Waals surface area contributed by atoms with Crippen LogP contribution in [0.25, 0.3) is 0 Å². The van der Waals surface area contributed by atoms with E-state index in [2.05, 4.69) is 10.6 Å².